The molecule has 0 amide bonds. The average molecular weight is 341 g/mol. The molecule has 130 valence electrons. The van der Waals surface area contributed by atoms with Crippen LogP contribution in [0.1, 0.15) is 23.2 Å². The molecule has 0 radical (unpaired) electrons. The lowest BCUT2D eigenvalue weighted by atomic mass is 10.2. The largest absolute Gasteiger partial charge is 0.502 e. The number of aromatic hydroxyl groups is 1. The number of aliphatic hydroxyl groups excluding tert-OH is 1. The minimum absolute atomic E-state index is 0.299. The van der Waals surface area contributed by atoms with Crippen molar-refractivity contribution in [1.82, 2.24) is 4.90 Å². The van der Waals surface area contributed by atoms with Gasteiger partial charge in [-0.3, -0.25) is 9.69 Å². The predicted octanol–water partition coefficient (Wildman–Crippen LogP) is 2.67. The second-order valence-electron chi connectivity index (χ2n) is 5.78. The second kappa shape index (κ2) is 7.83. The fraction of sp³-hybridized carbons (Fsp3) is 0.211. The third kappa shape index (κ3) is 4.59. The van der Waals surface area contributed by atoms with Crippen LogP contribution >= 0.6 is 0 Å². The van der Waals surface area contributed by atoms with Crippen LogP contribution in [0, 0.1) is 0 Å². The maximum atomic E-state index is 11.6. The Kier molecular flexibility index (Phi) is 5.33. The van der Waals surface area contributed by atoms with Crippen LogP contribution in [0.4, 0.5) is 0 Å². The first kappa shape index (κ1) is 17.0. The molecule has 0 saturated carbocycles. The van der Waals surface area contributed by atoms with Gasteiger partial charge in [0.25, 0.3) is 0 Å². The molecule has 0 aliphatic heterocycles. The summed E-state index contributed by atoms with van der Waals surface area (Å²) in [7, 11) is 0. The van der Waals surface area contributed by atoms with Gasteiger partial charge in [-0.15, -0.1) is 0 Å². The maximum Gasteiger partial charge on any atom is 0.226 e. The van der Waals surface area contributed by atoms with Crippen LogP contribution in [0.2, 0.25) is 0 Å². The Morgan fingerprint density at radius 3 is 2.52 bits per heavy atom. The summed E-state index contributed by atoms with van der Waals surface area (Å²) in [6, 6.07) is 14.5. The minimum Gasteiger partial charge on any atom is -0.502 e. The summed E-state index contributed by atoms with van der Waals surface area (Å²) in [4.78, 5) is 13.5. The zero-order chi connectivity index (χ0) is 17.6. The maximum absolute atomic E-state index is 11.6. The zero-order valence-corrected chi connectivity index (χ0v) is 13.5. The van der Waals surface area contributed by atoms with Crippen molar-refractivity contribution in [3.8, 4) is 5.75 Å². The van der Waals surface area contributed by atoms with Crippen molar-refractivity contribution in [3.05, 3.63) is 88.4 Å². The summed E-state index contributed by atoms with van der Waals surface area (Å²) in [5.41, 5.74) is 0.572. The lowest BCUT2D eigenvalue weighted by molar-refractivity contribution is 0.0834. The van der Waals surface area contributed by atoms with Gasteiger partial charge in [0.2, 0.25) is 5.43 Å². The van der Waals surface area contributed by atoms with Crippen LogP contribution in [-0.4, -0.2) is 21.7 Å². The van der Waals surface area contributed by atoms with Crippen LogP contribution in [-0.2, 0) is 13.1 Å². The van der Waals surface area contributed by atoms with E-state index < -0.39 is 17.3 Å². The number of nitrogens with zero attached hydrogens (tertiary/aromatic N) is 1. The molecular formula is C19H19NO5. The normalized spacial score (nSPS) is 12.4. The molecule has 1 atom stereocenters. The molecule has 6 nitrogen and oxygen atoms in total. The average Bonchev–Trinajstić information content (AvgIpc) is 3.14. The molecule has 0 unspecified atom stereocenters. The van der Waals surface area contributed by atoms with Gasteiger partial charge in [0, 0.05) is 19.2 Å². The first-order valence-corrected chi connectivity index (χ1v) is 7.90. The van der Waals surface area contributed by atoms with Crippen molar-refractivity contribution in [2.45, 2.75) is 19.2 Å². The highest BCUT2D eigenvalue weighted by molar-refractivity contribution is 5.17. The van der Waals surface area contributed by atoms with Gasteiger partial charge in [-0.05, 0) is 17.7 Å². The van der Waals surface area contributed by atoms with Crippen molar-refractivity contribution in [2.24, 2.45) is 0 Å². The summed E-state index contributed by atoms with van der Waals surface area (Å²) in [6.45, 7) is 1.17. The molecule has 0 spiro atoms. The van der Waals surface area contributed by atoms with Gasteiger partial charge in [0.15, 0.2) is 5.75 Å². The van der Waals surface area contributed by atoms with E-state index in [1.54, 1.807) is 12.1 Å². The molecule has 2 aromatic heterocycles. The van der Waals surface area contributed by atoms with Crippen molar-refractivity contribution in [3.63, 3.8) is 0 Å². The summed E-state index contributed by atoms with van der Waals surface area (Å²) < 4.78 is 10.5. The van der Waals surface area contributed by atoms with E-state index >= 15 is 0 Å². The molecule has 1 aromatic carbocycles. The molecule has 25 heavy (non-hydrogen) atoms. The molecule has 0 aliphatic rings. The Bertz CT molecular complexity index is 842. The summed E-state index contributed by atoms with van der Waals surface area (Å²) in [6.07, 6.45) is 1.74. The molecule has 2 N–H and O–H groups in total. The Hall–Kier alpha value is -2.83. The molecule has 2 heterocycles. The zero-order valence-electron chi connectivity index (χ0n) is 13.5. The van der Waals surface area contributed by atoms with Crippen LogP contribution in [0.25, 0.3) is 0 Å². The number of benzene rings is 1. The summed E-state index contributed by atoms with van der Waals surface area (Å²) in [5.74, 6) is 0.463. The second-order valence-corrected chi connectivity index (χ2v) is 5.78. The van der Waals surface area contributed by atoms with Gasteiger partial charge >= 0.3 is 0 Å². The molecule has 3 aromatic rings. The van der Waals surface area contributed by atoms with E-state index in [1.807, 2.05) is 35.2 Å². The fourth-order valence-electron chi connectivity index (χ4n) is 2.59. The predicted molar refractivity (Wildman–Crippen MR) is 90.9 cm³/mol. The highest BCUT2D eigenvalue weighted by Crippen LogP contribution is 2.18. The molecule has 0 fully saturated rings. The number of hydrogen-bond donors (Lipinski definition) is 2. The van der Waals surface area contributed by atoms with E-state index in [9.17, 15) is 15.0 Å². The van der Waals surface area contributed by atoms with Gasteiger partial charge in [-0.2, -0.15) is 0 Å². The quantitative estimate of drug-likeness (QED) is 0.687. The fourth-order valence-corrected chi connectivity index (χ4v) is 2.59. The SMILES string of the molecule is O=c1cc(CN(Cc2ccccc2)C[C@H](O)c2ccco2)occ1O. The molecule has 0 bridgehead atoms. The van der Waals surface area contributed by atoms with Crippen molar-refractivity contribution >= 4 is 0 Å². The van der Waals surface area contributed by atoms with E-state index in [-0.39, 0.29) is 0 Å². The van der Waals surface area contributed by atoms with E-state index in [1.165, 1.54) is 12.3 Å². The van der Waals surface area contributed by atoms with Crippen LogP contribution < -0.4 is 5.43 Å². The number of furan rings is 1. The number of aliphatic hydroxyl groups is 1. The summed E-state index contributed by atoms with van der Waals surface area (Å²) in [5, 5.41) is 19.7. The third-order valence-corrected chi connectivity index (χ3v) is 3.80. The Morgan fingerprint density at radius 2 is 1.84 bits per heavy atom. The van der Waals surface area contributed by atoms with Crippen molar-refractivity contribution < 1.29 is 19.0 Å². The van der Waals surface area contributed by atoms with E-state index in [4.69, 9.17) is 8.83 Å². The van der Waals surface area contributed by atoms with Gasteiger partial charge in [0.05, 0.1) is 12.8 Å². The molecule has 3 rings (SSSR count). The first-order chi connectivity index (χ1) is 12.1. The molecule has 0 saturated heterocycles. The van der Waals surface area contributed by atoms with E-state index in [2.05, 4.69) is 0 Å². The standard InChI is InChI=1S/C19H19NO5/c21-16-9-15(25-13-18(16)23)11-20(10-14-5-2-1-3-6-14)12-17(22)19-7-4-8-24-19/h1-9,13,17,22-23H,10-12H2/t17-/m0/s1. The van der Waals surface area contributed by atoms with Crippen LogP contribution in [0.3, 0.4) is 0 Å². The smallest absolute Gasteiger partial charge is 0.226 e. The van der Waals surface area contributed by atoms with Gasteiger partial charge in [-0.1, -0.05) is 30.3 Å². The Morgan fingerprint density at radius 1 is 1.04 bits per heavy atom. The van der Waals surface area contributed by atoms with Crippen molar-refractivity contribution in [1.29, 1.82) is 0 Å². The van der Waals surface area contributed by atoms with Crippen LogP contribution in [0.5, 0.6) is 5.75 Å². The Balaban J connectivity index is 1.77. The minimum atomic E-state index is -0.803. The monoisotopic (exact) mass is 341 g/mol. The van der Waals surface area contributed by atoms with Crippen LogP contribution in [0.15, 0.2) is 74.7 Å². The van der Waals surface area contributed by atoms with E-state index in [0.29, 0.717) is 31.2 Å². The Labute approximate surface area is 144 Å². The van der Waals surface area contributed by atoms with Crippen molar-refractivity contribution in [2.75, 3.05) is 6.54 Å². The van der Waals surface area contributed by atoms with Gasteiger partial charge < -0.3 is 19.0 Å². The first-order valence-electron chi connectivity index (χ1n) is 7.90. The number of hydrogen-bond acceptors (Lipinski definition) is 6. The van der Waals surface area contributed by atoms with E-state index in [0.717, 1.165) is 11.8 Å². The molecule has 0 aliphatic carbocycles. The third-order valence-electron chi connectivity index (χ3n) is 3.80. The lowest BCUT2D eigenvalue weighted by Crippen LogP contribution is -2.28. The highest BCUT2D eigenvalue weighted by Gasteiger charge is 2.18. The van der Waals surface area contributed by atoms with Gasteiger partial charge in [-0.25, -0.2) is 0 Å². The molecular weight excluding hydrogens is 322 g/mol. The van der Waals surface area contributed by atoms with Gasteiger partial charge in [0.1, 0.15) is 23.9 Å². The number of rotatable bonds is 7. The summed E-state index contributed by atoms with van der Waals surface area (Å²) >= 11 is 0. The topological polar surface area (TPSA) is 87.1 Å². The molecule has 6 heteroatoms. The lowest BCUT2D eigenvalue weighted by Gasteiger charge is -2.24. The highest BCUT2D eigenvalue weighted by atomic mass is 16.4.